The number of phenolic OH excluding ortho intramolecular Hbond substituents is 1. The zero-order valence-electron chi connectivity index (χ0n) is 12.8. The number of benzene rings is 1. The summed E-state index contributed by atoms with van der Waals surface area (Å²) in [5.41, 5.74) is 1.27. The maximum atomic E-state index is 12.2. The Morgan fingerprint density at radius 2 is 1.90 bits per heavy atom. The molecule has 2 rings (SSSR count). The smallest absolute Gasteiger partial charge is 0.255 e. The minimum absolute atomic E-state index is 0.00141. The maximum absolute atomic E-state index is 12.2. The molecule has 0 aliphatic carbocycles. The Morgan fingerprint density at radius 1 is 1.19 bits per heavy atom. The summed E-state index contributed by atoms with van der Waals surface area (Å²) in [6.45, 7) is 7.77. The second kappa shape index (κ2) is 6.04. The standard InChI is InChI=1S/C17H21NO3/c1-10(2)13-6-7-14(15(19)9-13)17(20)18-12(4)16-8-5-11(3)21-16/h5-10,12,19H,1-4H3,(H,18,20). The van der Waals surface area contributed by atoms with Crippen molar-refractivity contribution in [1.29, 1.82) is 0 Å². The molecule has 4 nitrogen and oxygen atoms in total. The molecule has 1 aromatic heterocycles. The molecule has 2 aromatic rings. The Hall–Kier alpha value is -2.23. The minimum atomic E-state index is -0.315. The summed E-state index contributed by atoms with van der Waals surface area (Å²) in [4.78, 5) is 12.2. The van der Waals surface area contributed by atoms with Crippen LogP contribution in [-0.4, -0.2) is 11.0 Å². The first-order chi connectivity index (χ1) is 9.88. The molecule has 1 aromatic carbocycles. The number of phenols is 1. The van der Waals surface area contributed by atoms with E-state index in [1.165, 1.54) is 0 Å². The van der Waals surface area contributed by atoms with Crippen LogP contribution in [0.1, 0.15) is 60.2 Å². The van der Waals surface area contributed by atoms with Crippen LogP contribution in [0.2, 0.25) is 0 Å². The predicted octanol–water partition coefficient (Wildman–Crippen LogP) is 3.91. The lowest BCUT2D eigenvalue weighted by atomic mass is 10.0. The van der Waals surface area contributed by atoms with Crippen LogP contribution in [0.5, 0.6) is 5.75 Å². The van der Waals surface area contributed by atoms with Crippen molar-refractivity contribution < 1.29 is 14.3 Å². The second-order valence-corrected chi connectivity index (χ2v) is 5.57. The predicted molar refractivity (Wildman–Crippen MR) is 81.5 cm³/mol. The molecular formula is C17H21NO3. The van der Waals surface area contributed by atoms with Crippen molar-refractivity contribution in [2.75, 3.05) is 0 Å². The average molecular weight is 287 g/mol. The SMILES string of the molecule is Cc1ccc(C(C)NC(=O)c2ccc(C(C)C)cc2O)o1. The van der Waals surface area contributed by atoms with Gasteiger partial charge in [-0.3, -0.25) is 4.79 Å². The molecule has 21 heavy (non-hydrogen) atoms. The van der Waals surface area contributed by atoms with Crippen LogP contribution in [0.25, 0.3) is 0 Å². The van der Waals surface area contributed by atoms with Crippen molar-refractivity contribution in [3.8, 4) is 5.75 Å². The summed E-state index contributed by atoms with van der Waals surface area (Å²) < 4.78 is 5.49. The van der Waals surface area contributed by atoms with Crippen molar-refractivity contribution in [1.82, 2.24) is 5.32 Å². The molecule has 1 unspecified atom stereocenters. The Balaban J connectivity index is 2.13. The molecule has 0 aliphatic heterocycles. The molecule has 0 saturated heterocycles. The van der Waals surface area contributed by atoms with Crippen LogP contribution in [0.3, 0.4) is 0 Å². The quantitative estimate of drug-likeness (QED) is 0.896. The lowest BCUT2D eigenvalue weighted by Crippen LogP contribution is -2.26. The lowest BCUT2D eigenvalue weighted by molar-refractivity contribution is 0.0932. The molecule has 0 spiro atoms. The van der Waals surface area contributed by atoms with E-state index < -0.39 is 0 Å². The van der Waals surface area contributed by atoms with Gasteiger partial charge in [0.2, 0.25) is 0 Å². The van der Waals surface area contributed by atoms with E-state index in [1.54, 1.807) is 12.1 Å². The third kappa shape index (κ3) is 3.45. The number of nitrogens with one attached hydrogen (secondary N) is 1. The first-order valence-electron chi connectivity index (χ1n) is 7.08. The summed E-state index contributed by atoms with van der Waals surface area (Å²) in [7, 11) is 0. The van der Waals surface area contributed by atoms with Gasteiger partial charge in [0, 0.05) is 0 Å². The number of hydrogen-bond acceptors (Lipinski definition) is 3. The van der Waals surface area contributed by atoms with Crippen molar-refractivity contribution >= 4 is 5.91 Å². The van der Waals surface area contributed by atoms with Crippen LogP contribution in [-0.2, 0) is 0 Å². The molecule has 1 amide bonds. The summed E-state index contributed by atoms with van der Waals surface area (Å²) in [5, 5.41) is 12.8. The van der Waals surface area contributed by atoms with Crippen molar-refractivity contribution in [3.05, 3.63) is 53.0 Å². The molecule has 2 N–H and O–H groups in total. The average Bonchev–Trinajstić information content (AvgIpc) is 2.85. The fourth-order valence-electron chi connectivity index (χ4n) is 2.13. The molecule has 0 saturated carbocycles. The van der Waals surface area contributed by atoms with E-state index >= 15 is 0 Å². The highest BCUT2D eigenvalue weighted by Crippen LogP contribution is 2.24. The van der Waals surface area contributed by atoms with Crippen molar-refractivity contribution in [3.63, 3.8) is 0 Å². The molecule has 0 radical (unpaired) electrons. The van der Waals surface area contributed by atoms with Gasteiger partial charge in [-0.05, 0) is 49.6 Å². The van der Waals surface area contributed by atoms with Crippen LogP contribution in [0, 0.1) is 6.92 Å². The molecule has 1 atom stereocenters. The topological polar surface area (TPSA) is 62.5 Å². The zero-order valence-corrected chi connectivity index (χ0v) is 12.8. The molecule has 0 fully saturated rings. The molecule has 1 heterocycles. The third-order valence-corrected chi connectivity index (χ3v) is 3.47. The molecular weight excluding hydrogens is 266 g/mol. The van der Waals surface area contributed by atoms with Gasteiger partial charge in [0.25, 0.3) is 5.91 Å². The van der Waals surface area contributed by atoms with E-state index in [4.69, 9.17) is 4.42 Å². The number of carbonyl (C=O) groups excluding carboxylic acids is 1. The van der Waals surface area contributed by atoms with Crippen molar-refractivity contribution in [2.24, 2.45) is 0 Å². The van der Waals surface area contributed by atoms with Gasteiger partial charge < -0.3 is 14.8 Å². The minimum Gasteiger partial charge on any atom is -0.507 e. The number of aromatic hydroxyl groups is 1. The number of rotatable bonds is 4. The van der Waals surface area contributed by atoms with E-state index in [9.17, 15) is 9.90 Å². The fourth-order valence-corrected chi connectivity index (χ4v) is 2.13. The van der Waals surface area contributed by atoms with E-state index in [2.05, 4.69) is 5.32 Å². The number of carbonyl (C=O) groups is 1. The zero-order chi connectivity index (χ0) is 15.6. The molecule has 112 valence electrons. The van der Waals surface area contributed by atoms with Crippen LogP contribution in [0.4, 0.5) is 0 Å². The fraction of sp³-hybridized carbons (Fsp3) is 0.353. The van der Waals surface area contributed by atoms with E-state index in [0.29, 0.717) is 11.7 Å². The van der Waals surface area contributed by atoms with E-state index in [0.717, 1.165) is 11.3 Å². The monoisotopic (exact) mass is 287 g/mol. The van der Waals surface area contributed by atoms with Gasteiger partial charge in [-0.25, -0.2) is 0 Å². The van der Waals surface area contributed by atoms with Gasteiger partial charge >= 0.3 is 0 Å². The number of aryl methyl sites for hydroxylation is 1. The number of amides is 1. The Morgan fingerprint density at radius 3 is 2.43 bits per heavy atom. The number of hydrogen-bond donors (Lipinski definition) is 2. The van der Waals surface area contributed by atoms with Crippen LogP contribution < -0.4 is 5.32 Å². The van der Waals surface area contributed by atoms with E-state index in [-0.39, 0.29) is 23.3 Å². The summed E-state index contributed by atoms with van der Waals surface area (Å²) in [6.07, 6.45) is 0. The highest BCUT2D eigenvalue weighted by Gasteiger charge is 2.17. The molecule has 0 bridgehead atoms. The summed E-state index contributed by atoms with van der Waals surface area (Å²) >= 11 is 0. The lowest BCUT2D eigenvalue weighted by Gasteiger charge is -2.13. The van der Waals surface area contributed by atoms with Crippen LogP contribution >= 0.6 is 0 Å². The normalized spacial score (nSPS) is 12.4. The maximum Gasteiger partial charge on any atom is 0.255 e. The number of furan rings is 1. The van der Waals surface area contributed by atoms with Crippen molar-refractivity contribution in [2.45, 2.75) is 39.7 Å². The highest BCUT2D eigenvalue weighted by atomic mass is 16.3. The Labute approximate surface area is 124 Å². The summed E-state index contributed by atoms with van der Waals surface area (Å²) in [6, 6.07) is 8.59. The highest BCUT2D eigenvalue weighted by molar-refractivity contribution is 5.97. The van der Waals surface area contributed by atoms with Crippen LogP contribution in [0.15, 0.2) is 34.7 Å². The largest absolute Gasteiger partial charge is 0.507 e. The Kier molecular flexibility index (Phi) is 4.36. The third-order valence-electron chi connectivity index (χ3n) is 3.47. The van der Waals surface area contributed by atoms with Gasteiger partial charge in [-0.2, -0.15) is 0 Å². The summed E-state index contributed by atoms with van der Waals surface area (Å²) in [5.74, 6) is 1.48. The van der Waals surface area contributed by atoms with Gasteiger partial charge in [0.05, 0.1) is 11.6 Å². The van der Waals surface area contributed by atoms with E-state index in [1.807, 2.05) is 45.9 Å². The van der Waals surface area contributed by atoms with Gasteiger partial charge in [0.1, 0.15) is 17.3 Å². The van der Waals surface area contributed by atoms with Gasteiger partial charge in [-0.1, -0.05) is 19.9 Å². The van der Waals surface area contributed by atoms with Gasteiger partial charge in [-0.15, -0.1) is 0 Å². The molecule has 4 heteroatoms. The molecule has 0 aliphatic rings. The Bertz CT molecular complexity index is 643. The van der Waals surface area contributed by atoms with Gasteiger partial charge in [0.15, 0.2) is 0 Å². The first-order valence-corrected chi connectivity index (χ1v) is 7.08. The second-order valence-electron chi connectivity index (χ2n) is 5.57. The first kappa shape index (κ1) is 15.2.